The fourth-order valence-electron chi connectivity index (χ4n) is 3.94. The predicted molar refractivity (Wildman–Crippen MR) is 111 cm³/mol. The molecule has 5 nitrogen and oxygen atoms in total. The van der Waals surface area contributed by atoms with Crippen molar-refractivity contribution in [3.8, 4) is 5.69 Å². The number of hydrogen-bond donors (Lipinski definition) is 1. The quantitative estimate of drug-likeness (QED) is 0.456. The van der Waals surface area contributed by atoms with Gasteiger partial charge in [-0.05, 0) is 36.1 Å². The molecule has 1 amide bonds. The maximum atomic E-state index is 14.0. The first-order valence-electron chi connectivity index (χ1n) is 10.3. The molecule has 0 fully saturated rings. The van der Waals surface area contributed by atoms with E-state index in [0.717, 1.165) is 38.3 Å². The number of carbonyl (C=O) groups excluding carboxylic acids is 1. The maximum absolute atomic E-state index is 14.0. The van der Waals surface area contributed by atoms with Gasteiger partial charge in [0, 0.05) is 26.2 Å². The van der Waals surface area contributed by atoms with E-state index in [2.05, 4.69) is 27.4 Å². The molecule has 0 saturated carbocycles. The molecule has 0 unspecified atom stereocenters. The van der Waals surface area contributed by atoms with E-state index >= 15 is 0 Å². The molecule has 0 aliphatic carbocycles. The summed E-state index contributed by atoms with van der Waals surface area (Å²) in [4.78, 5) is 14.7. The molecule has 1 aliphatic rings. The highest BCUT2D eigenvalue weighted by Crippen LogP contribution is 2.34. The summed E-state index contributed by atoms with van der Waals surface area (Å²) in [5.41, 5.74) is 0.311. The second-order valence-corrected chi connectivity index (χ2v) is 7.67. The Bertz CT molecular complexity index is 1110. The normalized spacial score (nSPS) is 14.2. The van der Waals surface area contributed by atoms with Crippen LogP contribution < -0.4 is 5.32 Å². The highest BCUT2D eigenvalue weighted by molar-refractivity contribution is 5.95. The van der Waals surface area contributed by atoms with Gasteiger partial charge >= 0.3 is 6.18 Å². The number of benzene rings is 2. The number of fused-ring (bicyclic) bond motifs is 1. The summed E-state index contributed by atoms with van der Waals surface area (Å²) in [6.45, 7) is 2.66. The number of nitrogens with one attached hydrogen (secondary N) is 1. The van der Waals surface area contributed by atoms with Crippen LogP contribution in [-0.2, 0) is 19.1 Å². The van der Waals surface area contributed by atoms with Crippen molar-refractivity contribution in [1.29, 1.82) is 0 Å². The minimum atomic E-state index is -4.88. The molecule has 0 saturated heterocycles. The van der Waals surface area contributed by atoms with Crippen LogP contribution in [0.25, 0.3) is 5.69 Å². The molecular weight excluding hydrogens is 424 g/mol. The Hall–Kier alpha value is -3.20. The molecule has 0 bridgehead atoms. The number of para-hydroxylation sites is 1. The Labute approximate surface area is 182 Å². The predicted octanol–water partition coefficient (Wildman–Crippen LogP) is 4.21. The lowest BCUT2D eigenvalue weighted by Gasteiger charge is -2.28. The number of amides is 1. The lowest BCUT2D eigenvalue weighted by Crippen LogP contribution is -2.34. The lowest BCUT2D eigenvalue weighted by molar-refractivity contribution is -0.143. The molecule has 1 N–H and O–H groups in total. The van der Waals surface area contributed by atoms with E-state index < -0.39 is 29.2 Å². The number of carbonyl (C=O) groups is 1. The van der Waals surface area contributed by atoms with Gasteiger partial charge in [0.25, 0.3) is 5.91 Å². The fraction of sp³-hybridized carbons (Fsp3) is 0.304. The van der Waals surface area contributed by atoms with Crippen LogP contribution in [0.3, 0.4) is 0 Å². The number of aromatic nitrogens is 2. The van der Waals surface area contributed by atoms with Crippen molar-refractivity contribution in [2.45, 2.75) is 25.6 Å². The monoisotopic (exact) mass is 446 g/mol. The van der Waals surface area contributed by atoms with E-state index in [1.54, 1.807) is 0 Å². The minimum absolute atomic E-state index is 0.221. The Morgan fingerprint density at radius 3 is 2.53 bits per heavy atom. The van der Waals surface area contributed by atoms with Gasteiger partial charge in [-0.3, -0.25) is 9.69 Å². The van der Waals surface area contributed by atoms with Gasteiger partial charge in [0.05, 0.1) is 11.8 Å². The summed E-state index contributed by atoms with van der Waals surface area (Å²) in [5, 5.41) is 6.18. The second-order valence-electron chi connectivity index (χ2n) is 7.67. The zero-order valence-corrected chi connectivity index (χ0v) is 17.2. The van der Waals surface area contributed by atoms with Gasteiger partial charge in [-0.25, -0.2) is 9.07 Å². The molecule has 0 radical (unpaired) electrons. The van der Waals surface area contributed by atoms with Gasteiger partial charge in [0.1, 0.15) is 11.5 Å². The molecule has 0 spiro atoms. The van der Waals surface area contributed by atoms with Crippen molar-refractivity contribution in [1.82, 2.24) is 20.0 Å². The Morgan fingerprint density at radius 1 is 1.06 bits per heavy atom. The van der Waals surface area contributed by atoms with E-state index in [4.69, 9.17) is 0 Å². The van der Waals surface area contributed by atoms with E-state index in [-0.39, 0.29) is 12.2 Å². The van der Waals surface area contributed by atoms with Gasteiger partial charge in [-0.15, -0.1) is 0 Å². The molecule has 2 heterocycles. The third-order valence-electron chi connectivity index (χ3n) is 5.51. The van der Waals surface area contributed by atoms with Crippen molar-refractivity contribution >= 4 is 5.91 Å². The first-order valence-corrected chi connectivity index (χ1v) is 10.3. The number of hydrogen-bond acceptors (Lipinski definition) is 3. The van der Waals surface area contributed by atoms with Crippen LogP contribution in [0.4, 0.5) is 17.6 Å². The van der Waals surface area contributed by atoms with Crippen LogP contribution in [-0.4, -0.2) is 40.2 Å². The third-order valence-corrected chi connectivity index (χ3v) is 5.51. The Kier molecular flexibility index (Phi) is 6.27. The second kappa shape index (κ2) is 9.12. The van der Waals surface area contributed by atoms with Gasteiger partial charge in [0.2, 0.25) is 0 Å². The van der Waals surface area contributed by atoms with Crippen molar-refractivity contribution < 1.29 is 22.4 Å². The summed E-state index contributed by atoms with van der Waals surface area (Å²) < 4.78 is 55.6. The SMILES string of the molecule is O=C(NCCCN1CCc2ccccc2C1)c1cnn(-c2ccccc2F)c1C(F)(F)F. The van der Waals surface area contributed by atoms with Gasteiger partial charge < -0.3 is 5.32 Å². The number of alkyl halides is 3. The first-order chi connectivity index (χ1) is 15.3. The van der Waals surface area contributed by atoms with E-state index in [1.807, 2.05) is 12.1 Å². The highest BCUT2D eigenvalue weighted by Gasteiger charge is 2.41. The molecule has 9 heteroatoms. The summed E-state index contributed by atoms with van der Waals surface area (Å²) in [6.07, 6.45) is -2.51. The van der Waals surface area contributed by atoms with E-state index in [0.29, 0.717) is 11.1 Å². The first kappa shape index (κ1) is 22.0. The lowest BCUT2D eigenvalue weighted by atomic mass is 10.00. The van der Waals surface area contributed by atoms with Gasteiger partial charge in [-0.2, -0.15) is 18.3 Å². The van der Waals surface area contributed by atoms with Crippen LogP contribution in [0.5, 0.6) is 0 Å². The molecule has 3 aromatic rings. The van der Waals surface area contributed by atoms with Crippen LogP contribution in [0.2, 0.25) is 0 Å². The average molecular weight is 446 g/mol. The van der Waals surface area contributed by atoms with Crippen molar-refractivity contribution in [2.24, 2.45) is 0 Å². The van der Waals surface area contributed by atoms with E-state index in [9.17, 15) is 22.4 Å². The third kappa shape index (κ3) is 4.67. The van der Waals surface area contributed by atoms with Crippen molar-refractivity contribution in [2.75, 3.05) is 19.6 Å². The minimum Gasteiger partial charge on any atom is -0.352 e. The Morgan fingerprint density at radius 2 is 1.78 bits per heavy atom. The summed E-state index contributed by atoms with van der Waals surface area (Å²) in [6, 6.07) is 13.2. The smallest absolute Gasteiger partial charge is 0.352 e. The highest BCUT2D eigenvalue weighted by atomic mass is 19.4. The molecule has 168 valence electrons. The van der Waals surface area contributed by atoms with Crippen LogP contribution >= 0.6 is 0 Å². The average Bonchev–Trinajstić information content (AvgIpc) is 3.22. The zero-order chi connectivity index (χ0) is 22.7. The summed E-state index contributed by atoms with van der Waals surface area (Å²) in [7, 11) is 0. The molecule has 0 atom stereocenters. The van der Waals surface area contributed by atoms with Gasteiger partial charge in [-0.1, -0.05) is 36.4 Å². The van der Waals surface area contributed by atoms with Crippen LogP contribution in [0.1, 0.15) is 33.6 Å². The largest absolute Gasteiger partial charge is 0.434 e. The van der Waals surface area contributed by atoms with Crippen LogP contribution in [0, 0.1) is 5.82 Å². The zero-order valence-electron chi connectivity index (χ0n) is 17.2. The topological polar surface area (TPSA) is 50.2 Å². The van der Waals surface area contributed by atoms with Gasteiger partial charge in [0.15, 0.2) is 5.69 Å². The molecule has 4 rings (SSSR count). The standard InChI is InChI=1S/C23H22F4N4O/c24-19-8-3-4-9-20(19)31-21(23(25,26)27)18(14-29-31)22(32)28-11-5-12-30-13-10-16-6-1-2-7-17(16)15-30/h1-4,6-9,14H,5,10-13,15H2,(H,28,32). The Balaban J connectivity index is 1.39. The molecule has 1 aliphatic heterocycles. The summed E-state index contributed by atoms with van der Waals surface area (Å²) >= 11 is 0. The van der Waals surface area contributed by atoms with Crippen LogP contribution in [0.15, 0.2) is 54.7 Å². The molecular formula is C23H22F4N4O. The van der Waals surface area contributed by atoms with E-state index in [1.165, 1.54) is 29.3 Å². The summed E-state index contributed by atoms with van der Waals surface area (Å²) in [5.74, 6) is -1.75. The fourth-order valence-corrected chi connectivity index (χ4v) is 3.94. The molecule has 2 aromatic carbocycles. The van der Waals surface area contributed by atoms with Crippen molar-refractivity contribution in [3.63, 3.8) is 0 Å². The number of nitrogens with zero attached hydrogens (tertiary/aromatic N) is 3. The number of rotatable bonds is 6. The molecule has 1 aromatic heterocycles. The number of halogens is 4. The molecule has 32 heavy (non-hydrogen) atoms. The van der Waals surface area contributed by atoms with Crippen molar-refractivity contribution in [3.05, 3.63) is 82.9 Å². The maximum Gasteiger partial charge on any atom is 0.434 e.